The Morgan fingerprint density at radius 1 is 1.53 bits per heavy atom. The average molecular weight is 349 g/mol. The van der Waals surface area contributed by atoms with Gasteiger partial charge in [0.05, 0.1) is 11.8 Å². The van der Waals surface area contributed by atoms with Crippen LogP contribution in [-0.2, 0) is 14.8 Å². The molecule has 2 atom stereocenters. The van der Waals surface area contributed by atoms with Crippen LogP contribution < -0.4 is 10.5 Å². The van der Waals surface area contributed by atoms with Gasteiger partial charge in [0.1, 0.15) is 4.90 Å². The lowest BCUT2D eigenvalue weighted by molar-refractivity contribution is 0.107. The summed E-state index contributed by atoms with van der Waals surface area (Å²) in [5, 5.41) is 0. The summed E-state index contributed by atoms with van der Waals surface area (Å²) in [6.07, 6.45) is 0.962. The molecule has 0 aliphatic carbocycles. The molecule has 1 aliphatic heterocycles. The van der Waals surface area contributed by atoms with Crippen LogP contribution in [0.15, 0.2) is 27.6 Å². The minimum absolute atomic E-state index is 0.0879. The fourth-order valence-electron chi connectivity index (χ4n) is 2.10. The van der Waals surface area contributed by atoms with Crippen LogP contribution in [0.2, 0.25) is 0 Å². The van der Waals surface area contributed by atoms with Crippen molar-refractivity contribution in [2.24, 2.45) is 5.92 Å². The van der Waals surface area contributed by atoms with Crippen molar-refractivity contribution in [1.29, 1.82) is 0 Å². The van der Waals surface area contributed by atoms with Crippen molar-refractivity contribution >= 4 is 31.6 Å². The summed E-state index contributed by atoms with van der Waals surface area (Å²) in [6, 6.07) is 4.73. The molecule has 2 unspecified atom stereocenters. The number of anilines is 1. The topological polar surface area (TPSA) is 81.4 Å². The number of ether oxygens (including phenoxy) is 1. The number of hydrogen-bond acceptors (Lipinski definition) is 4. The molecule has 1 heterocycles. The number of halogens is 1. The molecule has 0 spiro atoms. The third-order valence-corrected chi connectivity index (χ3v) is 5.32. The second kappa shape index (κ2) is 5.78. The highest BCUT2D eigenvalue weighted by Gasteiger charge is 2.26. The molecule has 2 rings (SSSR count). The lowest BCUT2D eigenvalue weighted by Gasteiger charge is -2.15. The van der Waals surface area contributed by atoms with E-state index in [0.29, 0.717) is 13.2 Å². The first-order valence-electron chi connectivity index (χ1n) is 6.06. The van der Waals surface area contributed by atoms with Crippen LogP contribution in [0.1, 0.15) is 13.3 Å². The Labute approximate surface area is 121 Å². The smallest absolute Gasteiger partial charge is 0.242 e. The normalized spacial score (nSPS) is 23.7. The highest BCUT2D eigenvalue weighted by atomic mass is 79.9. The van der Waals surface area contributed by atoms with E-state index in [9.17, 15) is 8.42 Å². The zero-order chi connectivity index (χ0) is 14.0. The van der Waals surface area contributed by atoms with Crippen molar-refractivity contribution in [2.45, 2.75) is 24.3 Å². The van der Waals surface area contributed by atoms with Crippen LogP contribution in [0.4, 0.5) is 5.69 Å². The van der Waals surface area contributed by atoms with Crippen LogP contribution in [0, 0.1) is 5.92 Å². The van der Waals surface area contributed by atoms with E-state index < -0.39 is 10.0 Å². The first-order valence-corrected chi connectivity index (χ1v) is 8.34. The van der Waals surface area contributed by atoms with Crippen LogP contribution in [0.25, 0.3) is 0 Å². The Balaban J connectivity index is 2.09. The monoisotopic (exact) mass is 348 g/mol. The van der Waals surface area contributed by atoms with Gasteiger partial charge in [-0.2, -0.15) is 0 Å². The Hall–Kier alpha value is -0.630. The highest BCUT2D eigenvalue weighted by molar-refractivity contribution is 9.10. The molecule has 1 fully saturated rings. The molecule has 1 aromatic rings. The number of sulfonamides is 1. The molecule has 0 radical (unpaired) electrons. The number of nitrogens with one attached hydrogen (secondary N) is 1. The molecule has 1 aliphatic rings. The van der Waals surface area contributed by atoms with Gasteiger partial charge in [0, 0.05) is 23.5 Å². The maximum atomic E-state index is 12.2. The van der Waals surface area contributed by atoms with Crippen molar-refractivity contribution in [3.63, 3.8) is 0 Å². The van der Waals surface area contributed by atoms with Gasteiger partial charge in [-0.05, 0) is 31.5 Å². The number of nitrogen functional groups attached to an aromatic ring is 1. The van der Waals surface area contributed by atoms with E-state index in [0.717, 1.165) is 10.9 Å². The molecule has 0 aromatic heterocycles. The number of benzene rings is 1. The molecule has 19 heavy (non-hydrogen) atoms. The molecule has 5 nitrogen and oxygen atoms in total. The first-order chi connectivity index (χ1) is 8.90. The standard InChI is InChI=1S/C12H17BrN2O3S/c1-8-9(4-5-18-8)7-15-19(16,17)12-3-2-10(13)6-11(12)14/h2-3,6,8-9,15H,4-5,7,14H2,1H3. The lowest BCUT2D eigenvalue weighted by atomic mass is 10.0. The van der Waals surface area contributed by atoms with Gasteiger partial charge in [-0.1, -0.05) is 15.9 Å². The van der Waals surface area contributed by atoms with Gasteiger partial charge >= 0.3 is 0 Å². The van der Waals surface area contributed by atoms with E-state index in [1.54, 1.807) is 12.1 Å². The van der Waals surface area contributed by atoms with Gasteiger partial charge in [0.2, 0.25) is 10.0 Å². The Morgan fingerprint density at radius 3 is 2.84 bits per heavy atom. The largest absolute Gasteiger partial charge is 0.398 e. The number of hydrogen-bond donors (Lipinski definition) is 2. The minimum atomic E-state index is -3.57. The minimum Gasteiger partial charge on any atom is -0.398 e. The van der Waals surface area contributed by atoms with E-state index in [1.165, 1.54) is 6.07 Å². The second-order valence-corrected chi connectivity index (χ2v) is 7.31. The summed E-state index contributed by atoms with van der Waals surface area (Å²) >= 11 is 3.25. The molecular formula is C12H17BrN2O3S. The van der Waals surface area contributed by atoms with Crippen LogP contribution >= 0.6 is 15.9 Å². The summed E-state index contributed by atoms with van der Waals surface area (Å²) in [5.41, 5.74) is 5.98. The molecule has 1 aromatic carbocycles. The third-order valence-electron chi connectivity index (χ3n) is 3.33. The van der Waals surface area contributed by atoms with E-state index in [4.69, 9.17) is 10.5 Å². The van der Waals surface area contributed by atoms with Gasteiger partial charge in [0.25, 0.3) is 0 Å². The van der Waals surface area contributed by atoms with Crippen molar-refractivity contribution in [3.05, 3.63) is 22.7 Å². The van der Waals surface area contributed by atoms with Crippen molar-refractivity contribution in [2.75, 3.05) is 18.9 Å². The van der Waals surface area contributed by atoms with E-state index in [1.807, 2.05) is 6.92 Å². The Bertz CT molecular complexity index is 562. The average Bonchev–Trinajstić information content (AvgIpc) is 2.72. The van der Waals surface area contributed by atoms with Gasteiger partial charge in [-0.15, -0.1) is 0 Å². The molecule has 1 saturated heterocycles. The van der Waals surface area contributed by atoms with Crippen LogP contribution in [0.5, 0.6) is 0 Å². The van der Waals surface area contributed by atoms with E-state index in [2.05, 4.69) is 20.7 Å². The van der Waals surface area contributed by atoms with Gasteiger partial charge in [-0.3, -0.25) is 0 Å². The van der Waals surface area contributed by atoms with Crippen molar-refractivity contribution in [3.8, 4) is 0 Å². The first kappa shape index (κ1) is 14.8. The molecule has 3 N–H and O–H groups in total. The predicted molar refractivity (Wildman–Crippen MR) is 77.3 cm³/mol. The molecule has 0 bridgehead atoms. The zero-order valence-corrected chi connectivity index (χ0v) is 13.0. The van der Waals surface area contributed by atoms with Crippen LogP contribution in [-0.4, -0.2) is 27.7 Å². The molecule has 0 amide bonds. The highest BCUT2D eigenvalue weighted by Crippen LogP contribution is 2.24. The summed E-state index contributed by atoms with van der Waals surface area (Å²) in [4.78, 5) is 0.113. The lowest BCUT2D eigenvalue weighted by Crippen LogP contribution is -2.32. The quantitative estimate of drug-likeness (QED) is 0.812. The van der Waals surface area contributed by atoms with Crippen molar-refractivity contribution in [1.82, 2.24) is 4.72 Å². The maximum absolute atomic E-state index is 12.2. The predicted octanol–water partition coefficient (Wildman–Crippen LogP) is 1.73. The number of rotatable bonds is 4. The maximum Gasteiger partial charge on any atom is 0.242 e. The summed E-state index contributed by atoms with van der Waals surface area (Å²) in [5.74, 6) is 0.214. The van der Waals surface area contributed by atoms with Crippen molar-refractivity contribution < 1.29 is 13.2 Å². The summed E-state index contributed by atoms with van der Waals surface area (Å²) < 4.78 is 33.1. The van der Waals surface area contributed by atoms with E-state index >= 15 is 0 Å². The SMILES string of the molecule is CC1OCCC1CNS(=O)(=O)c1ccc(Br)cc1N. The molecule has 106 valence electrons. The molecule has 0 saturated carbocycles. The van der Waals surface area contributed by atoms with E-state index in [-0.39, 0.29) is 22.6 Å². The number of nitrogens with two attached hydrogens (primary N) is 1. The van der Waals surface area contributed by atoms with Gasteiger partial charge in [0.15, 0.2) is 0 Å². The van der Waals surface area contributed by atoms with Gasteiger partial charge in [-0.25, -0.2) is 13.1 Å². The zero-order valence-electron chi connectivity index (χ0n) is 10.6. The van der Waals surface area contributed by atoms with Gasteiger partial charge < -0.3 is 10.5 Å². The fourth-order valence-corrected chi connectivity index (χ4v) is 3.69. The molecule has 7 heteroatoms. The summed E-state index contributed by atoms with van der Waals surface area (Å²) in [6.45, 7) is 3.02. The second-order valence-electron chi connectivity index (χ2n) is 4.66. The Morgan fingerprint density at radius 2 is 2.26 bits per heavy atom. The third kappa shape index (κ3) is 3.47. The fraction of sp³-hybridized carbons (Fsp3) is 0.500. The molecular weight excluding hydrogens is 332 g/mol. The van der Waals surface area contributed by atoms with Crippen LogP contribution in [0.3, 0.4) is 0 Å². The summed E-state index contributed by atoms with van der Waals surface area (Å²) in [7, 11) is -3.57. The Kier molecular flexibility index (Phi) is 4.50.